The van der Waals surface area contributed by atoms with Crippen LogP contribution < -0.4 is 5.32 Å². The van der Waals surface area contributed by atoms with Crippen molar-refractivity contribution in [2.24, 2.45) is 0 Å². The van der Waals surface area contributed by atoms with E-state index in [0.717, 1.165) is 26.0 Å². The third-order valence-electron chi connectivity index (χ3n) is 3.84. The first-order valence-corrected chi connectivity index (χ1v) is 6.79. The number of rotatable bonds is 3. The van der Waals surface area contributed by atoms with Gasteiger partial charge < -0.3 is 10.1 Å². The van der Waals surface area contributed by atoms with Gasteiger partial charge in [-0.2, -0.15) is 0 Å². The van der Waals surface area contributed by atoms with Crippen LogP contribution in [0.2, 0.25) is 0 Å². The number of halogens is 1. The molecule has 2 rings (SSSR count). The molecule has 1 heterocycles. The number of hydrogen-bond acceptors (Lipinski definition) is 2. The Hall–Kier alpha value is -0.0500. The smallest absolute Gasteiger partial charge is 0.0697 e. The van der Waals surface area contributed by atoms with Crippen molar-refractivity contribution in [3.05, 3.63) is 11.6 Å². The molecule has 1 aliphatic carbocycles. The maximum Gasteiger partial charge on any atom is 0.0697 e. The Morgan fingerprint density at radius 3 is 2.81 bits per heavy atom. The molecule has 1 aliphatic heterocycles. The molecule has 3 heteroatoms. The number of ether oxygens (including phenoxy) is 1. The van der Waals surface area contributed by atoms with E-state index in [0.29, 0.717) is 11.1 Å². The van der Waals surface area contributed by atoms with Gasteiger partial charge in [-0.15, -0.1) is 0 Å². The van der Waals surface area contributed by atoms with E-state index in [1.807, 2.05) is 0 Å². The molecule has 16 heavy (non-hydrogen) atoms. The normalized spacial score (nSPS) is 29.2. The molecule has 0 amide bonds. The second-order valence-corrected chi connectivity index (χ2v) is 5.71. The van der Waals surface area contributed by atoms with Crippen molar-refractivity contribution in [3.63, 3.8) is 0 Å². The molecular weight excluding hydrogens is 222 g/mol. The highest BCUT2D eigenvalue weighted by atomic mass is 35.5. The Bertz CT molecular complexity index is 243. The molecule has 2 fully saturated rings. The fourth-order valence-corrected chi connectivity index (χ4v) is 3.08. The second-order valence-electron chi connectivity index (χ2n) is 5.18. The zero-order valence-electron chi connectivity index (χ0n) is 9.93. The average Bonchev–Trinajstić information content (AvgIpc) is 2.28. The fourth-order valence-electron chi connectivity index (χ4n) is 3.00. The Labute approximate surface area is 103 Å². The van der Waals surface area contributed by atoms with E-state index in [1.54, 1.807) is 0 Å². The van der Waals surface area contributed by atoms with E-state index in [9.17, 15) is 0 Å². The quantitative estimate of drug-likeness (QED) is 0.822. The molecule has 1 atom stereocenters. The van der Waals surface area contributed by atoms with Crippen molar-refractivity contribution < 1.29 is 4.74 Å². The highest BCUT2D eigenvalue weighted by Gasteiger charge is 2.38. The highest BCUT2D eigenvalue weighted by Crippen LogP contribution is 2.38. The molecule has 0 radical (unpaired) electrons. The molecule has 92 valence electrons. The van der Waals surface area contributed by atoms with E-state index in [2.05, 4.69) is 11.9 Å². The molecular formula is C13H22ClNO. The van der Waals surface area contributed by atoms with Crippen LogP contribution >= 0.6 is 11.6 Å². The van der Waals surface area contributed by atoms with Gasteiger partial charge in [0.25, 0.3) is 0 Å². The summed E-state index contributed by atoms with van der Waals surface area (Å²) in [6, 6.07) is 0.558. The van der Waals surface area contributed by atoms with E-state index in [-0.39, 0.29) is 5.60 Å². The number of nitrogens with one attached hydrogen (secondary N) is 1. The Kier molecular flexibility index (Phi) is 4.28. The lowest BCUT2D eigenvalue weighted by Crippen LogP contribution is -2.48. The summed E-state index contributed by atoms with van der Waals surface area (Å²) >= 11 is 5.79. The molecule has 1 unspecified atom stereocenters. The lowest BCUT2D eigenvalue weighted by molar-refractivity contribution is -0.108. The average molecular weight is 244 g/mol. The van der Waals surface area contributed by atoms with Crippen molar-refractivity contribution in [1.29, 1.82) is 0 Å². The minimum atomic E-state index is 0.182. The molecule has 1 saturated carbocycles. The van der Waals surface area contributed by atoms with Gasteiger partial charge in [-0.3, -0.25) is 0 Å². The van der Waals surface area contributed by atoms with E-state index >= 15 is 0 Å². The topological polar surface area (TPSA) is 21.3 Å². The largest absolute Gasteiger partial charge is 0.375 e. The Balaban J connectivity index is 1.85. The van der Waals surface area contributed by atoms with Crippen molar-refractivity contribution >= 4 is 11.6 Å². The predicted molar refractivity (Wildman–Crippen MR) is 67.8 cm³/mol. The summed E-state index contributed by atoms with van der Waals surface area (Å²) in [5.41, 5.74) is 0.182. The van der Waals surface area contributed by atoms with Crippen LogP contribution in [-0.4, -0.2) is 24.8 Å². The van der Waals surface area contributed by atoms with Crippen LogP contribution in [0, 0.1) is 0 Å². The monoisotopic (exact) mass is 243 g/mol. The summed E-state index contributed by atoms with van der Waals surface area (Å²) in [6.07, 6.45) is 8.77. The van der Waals surface area contributed by atoms with Gasteiger partial charge in [-0.05, 0) is 25.7 Å². The van der Waals surface area contributed by atoms with Crippen LogP contribution in [-0.2, 0) is 4.74 Å². The lowest BCUT2D eigenvalue weighted by atomic mass is 9.78. The summed E-state index contributed by atoms with van der Waals surface area (Å²) in [5, 5.41) is 4.18. The van der Waals surface area contributed by atoms with Gasteiger partial charge in [0.2, 0.25) is 0 Å². The van der Waals surface area contributed by atoms with E-state index < -0.39 is 0 Å². The molecule has 0 bridgehead atoms. The van der Waals surface area contributed by atoms with Gasteiger partial charge in [0, 0.05) is 24.2 Å². The maximum atomic E-state index is 6.05. The second kappa shape index (κ2) is 5.52. The summed E-state index contributed by atoms with van der Waals surface area (Å²) in [4.78, 5) is 0. The van der Waals surface area contributed by atoms with Crippen molar-refractivity contribution in [3.8, 4) is 0 Å². The van der Waals surface area contributed by atoms with Crippen molar-refractivity contribution in [2.45, 2.75) is 56.6 Å². The molecule has 1 N–H and O–H groups in total. The molecule has 0 aromatic heterocycles. The molecule has 2 aliphatic rings. The standard InChI is InChI=1S/C13H22ClNO/c1-11(14)10-15-12-5-8-16-13(9-12)6-3-2-4-7-13/h12,15H,1-10H2. The van der Waals surface area contributed by atoms with Crippen LogP contribution in [0.1, 0.15) is 44.9 Å². The lowest BCUT2D eigenvalue weighted by Gasteiger charge is -2.43. The minimum Gasteiger partial charge on any atom is -0.375 e. The van der Waals surface area contributed by atoms with Crippen molar-refractivity contribution in [2.75, 3.05) is 13.2 Å². The van der Waals surface area contributed by atoms with Gasteiger partial charge in [-0.1, -0.05) is 37.4 Å². The first-order chi connectivity index (χ1) is 7.70. The van der Waals surface area contributed by atoms with Crippen LogP contribution in [0.4, 0.5) is 0 Å². The Morgan fingerprint density at radius 2 is 2.12 bits per heavy atom. The summed E-state index contributed by atoms with van der Waals surface area (Å²) in [6.45, 7) is 5.33. The molecule has 0 aromatic carbocycles. The number of hydrogen-bond donors (Lipinski definition) is 1. The molecule has 1 spiro atoms. The van der Waals surface area contributed by atoms with Crippen LogP contribution in [0.5, 0.6) is 0 Å². The summed E-state index contributed by atoms with van der Waals surface area (Å²) in [5.74, 6) is 0. The highest BCUT2D eigenvalue weighted by molar-refractivity contribution is 6.29. The third kappa shape index (κ3) is 3.22. The van der Waals surface area contributed by atoms with Crippen LogP contribution in [0.3, 0.4) is 0 Å². The summed E-state index contributed by atoms with van der Waals surface area (Å²) in [7, 11) is 0. The van der Waals surface area contributed by atoms with Gasteiger partial charge in [0.05, 0.1) is 5.60 Å². The SMILES string of the molecule is C=C(Cl)CNC1CCOC2(CCCCC2)C1. The van der Waals surface area contributed by atoms with Gasteiger partial charge in [-0.25, -0.2) is 0 Å². The Morgan fingerprint density at radius 1 is 1.38 bits per heavy atom. The van der Waals surface area contributed by atoms with Gasteiger partial charge in [0.15, 0.2) is 0 Å². The first-order valence-electron chi connectivity index (χ1n) is 6.41. The fraction of sp³-hybridized carbons (Fsp3) is 0.846. The molecule has 1 saturated heterocycles. The van der Waals surface area contributed by atoms with Crippen LogP contribution in [0.25, 0.3) is 0 Å². The van der Waals surface area contributed by atoms with Gasteiger partial charge >= 0.3 is 0 Å². The third-order valence-corrected chi connectivity index (χ3v) is 3.97. The zero-order valence-corrected chi connectivity index (χ0v) is 10.7. The molecule has 0 aromatic rings. The minimum absolute atomic E-state index is 0.182. The van der Waals surface area contributed by atoms with Gasteiger partial charge in [0.1, 0.15) is 0 Å². The molecule has 2 nitrogen and oxygen atoms in total. The zero-order chi connectivity index (χ0) is 11.4. The van der Waals surface area contributed by atoms with Crippen molar-refractivity contribution in [1.82, 2.24) is 5.32 Å². The summed E-state index contributed by atoms with van der Waals surface area (Å²) < 4.78 is 6.05. The van der Waals surface area contributed by atoms with E-state index in [1.165, 1.54) is 32.1 Å². The van der Waals surface area contributed by atoms with E-state index in [4.69, 9.17) is 16.3 Å². The first kappa shape index (κ1) is 12.4. The van der Waals surface area contributed by atoms with Crippen LogP contribution in [0.15, 0.2) is 11.6 Å². The predicted octanol–water partition coefficient (Wildman–Crippen LogP) is 3.21. The maximum absolute atomic E-state index is 6.05.